The smallest absolute Gasteiger partial charge is 0.135 e. The summed E-state index contributed by atoms with van der Waals surface area (Å²) in [4.78, 5) is 0. The van der Waals surface area contributed by atoms with Gasteiger partial charge in [-0.2, -0.15) is 0 Å². The lowest BCUT2D eigenvalue weighted by Crippen LogP contribution is -2.27. The zero-order chi connectivity index (χ0) is 18.4. The normalized spacial score (nSPS) is 12.9. The summed E-state index contributed by atoms with van der Waals surface area (Å²) in [5.74, 6) is 0. The monoisotopic (exact) mass is 349 g/mol. The molecule has 3 aromatic carbocycles. The number of allylic oxidation sites excluding steroid dienone is 2. The second-order valence-electron chi connectivity index (χ2n) is 6.72. The lowest BCUT2D eigenvalue weighted by atomic mass is 10.1. The van der Waals surface area contributed by atoms with E-state index < -0.39 is 0 Å². The number of hydrogen-bond acceptors (Lipinski definition) is 1. The molecule has 0 fully saturated rings. The van der Waals surface area contributed by atoms with Crippen molar-refractivity contribution in [2.75, 3.05) is 0 Å². The van der Waals surface area contributed by atoms with Gasteiger partial charge in [-0.1, -0.05) is 55.1 Å². The van der Waals surface area contributed by atoms with E-state index in [-0.39, 0.29) is 0 Å². The van der Waals surface area contributed by atoms with Gasteiger partial charge in [0.15, 0.2) is 0 Å². The Labute approximate surface area is 157 Å². The van der Waals surface area contributed by atoms with Gasteiger partial charge in [0, 0.05) is 27.4 Å². The van der Waals surface area contributed by atoms with Crippen molar-refractivity contribution >= 4 is 45.3 Å². The predicted molar refractivity (Wildman–Crippen MR) is 115 cm³/mol. The average molecular weight is 349 g/mol. The Morgan fingerprint density at radius 3 is 2.67 bits per heavy atom. The van der Waals surface area contributed by atoms with Gasteiger partial charge in [-0.25, -0.2) is 0 Å². The van der Waals surface area contributed by atoms with Crippen LogP contribution in [0.3, 0.4) is 0 Å². The minimum atomic E-state index is 0.888. The Kier molecular flexibility index (Phi) is 3.51. The van der Waals surface area contributed by atoms with Crippen molar-refractivity contribution in [2.24, 2.45) is 0 Å². The minimum Gasteiger partial charge on any atom is -0.464 e. The summed E-state index contributed by atoms with van der Waals surface area (Å²) in [6, 6.07) is 21.2. The lowest BCUT2D eigenvalue weighted by molar-refractivity contribution is 0.616. The summed E-state index contributed by atoms with van der Waals surface area (Å²) in [5.41, 5.74) is 3.14. The van der Waals surface area contributed by atoms with Crippen LogP contribution in [0.1, 0.15) is 6.92 Å². The number of benzene rings is 3. The van der Waals surface area contributed by atoms with Gasteiger partial charge in [-0.05, 0) is 36.6 Å². The quantitative estimate of drug-likeness (QED) is 0.423. The van der Waals surface area contributed by atoms with Crippen molar-refractivity contribution in [3.8, 4) is 5.69 Å². The van der Waals surface area contributed by atoms with Gasteiger partial charge in [0.05, 0.1) is 22.8 Å². The SMILES string of the molecule is C=c1/c(=C\C=C/C)n(-c2cccc3ccccc23)c2cc3occc3cc12. The molecule has 0 amide bonds. The first-order chi connectivity index (χ1) is 13.3. The standard InChI is InChI=1S/C25H19NO/c1-3-4-11-22-17(2)21-15-19-13-14-27-25(19)16-24(21)26(22)23-12-7-9-18-8-5-6-10-20(18)23/h3-16H,2H2,1H3/b4-3-,22-11+. The maximum Gasteiger partial charge on any atom is 0.135 e. The van der Waals surface area contributed by atoms with Gasteiger partial charge in [-0.15, -0.1) is 0 Å². The van der Waals surface area contributed by atoms with E-state index in [1.54, 1.807) is 6.26 Å². The summed E-state index contributed by atoms with van der Waals surface area (Å²) in [7, 11) is 0. The first kappa shape index (κ1) is 15.7. The third-order valence-electron chi connectivity index (χ3n) is 5.14. The molecule has 0 aliphatic heterocycles. The van der Waals surface area contributed by atoms with Crippen LogP contribution in [0.15, 0.2) is 83.5 Å². The van der Waals surface area contributed by atoms with E-state index in [4.69, 9.17) is 4.42 Å². The highest BCUT2D eigenvalue weighted by atomic mass is 16.3. The minimum absolute atomic E-state index is 0.888. The third kappa shape index (κ3) is 2.34. The first-order valence-corrected chi connectivity index (χ1v) is 9.09. The molecule has 0 unspecified atom stereocenters. The molecule has 0 saturated carbocycles. The molecule has 0 aliphatic carbocycles. The molecule has 5 aromatic rings. The molecule has 2 heterocycles. The fourth-order valence-electron chi connectivity index (χ4n) is 3.85. The molecule has 27 heavy (non-hydrogen) atoms. The molecule has 2 heteroatoms. The second kappa shape index (κ2) is 6.03. The summed E-state index contributed by atoms with van der Waals surface area (Å²) in [6.45, 7) is 6.43. The number of nitrogens with zero attached hydrogens (tertiary/aromatic N) is 1. The number of fused-ring (bicyclic) bond motifs is 3. The van der Waals surface area contributed by atoms with Gasteiger partial charge in [0.2, 0.25) is 0 Å². The Hall–Kier alpha value is -3.52. The Morgan fingerprint density at radius 1 is 0.926 bits per heavy atom. The highest BCUT2D eigenvalue weighted by molar-refractivity contribution is 5.98. The van der Waals surface area contributed by atoms with Crippen LogP contribution in [-0.4, -0.2) is 4.57 Å². The summed E-state index contributed by atoms with van der Waals surface area (Å²) in [6.07, 6.45) is 7.97. The van der Waals surface area contributed by atoms with Crippen molar-refractivity contribution in [3.05, 3.63) is 89.6 Å². The predicted octanol–water partition coefficient (Wildman–Crippen LogP) is 5.30. The van der Waals surface area contributed by atoms with E-state index in [9.17, 15) is 0 Å². The average Bonchev–Trinajstić information content (AvgIpc) is 3.26. The van der Waals surface area contributed by atoms with Gasteiger partial charge in [0.25, 0.3) is 0 Å². The van der Waals surface area contributed by atoms with Crippen LogP contribution in [0.25, 0.3) is 51.0 Å². The van der Waals surface area contributed by atoms with E-state index in [2.05, 4.69) is 77.9 Å². The highest BCUT2D eigenvalue weighted by Crippen LogP contribution is 2.27. The van der Waals surface area contributed by atoms with Crippen LogP contribution in [0.5, 0.6) is 0 Å². The van der Waals surface area contributed by atoms with Crippen LogP contribution in [-0.2, 0) is 0 Å². The first-order valence-electron chi connectivity index (χ1n) is 9.09. The molecule has 0 N–H and O–H groups in total. The van der Waals surface area contributed by atoms with Crippen molar-refractivity contribution in [1.82, 2.24) is 4.57 Å². The molecule has 0 saturated heterocycles. The Morgan fingerprint density at radius 2 is 1.78 bits per heavy atom. The molecule has 0 atom stereocenters. The molecular formula is C25H19NO. The van der Waals surface area contributed by atoms with E-state index in [1.807, 2.05) is 19.1 Å². The Balaban J connectivity index is 2.02. The lowest BCUT2D eigenvalue weighted by Gasteiger charge is -2.10. The van der Waals surface area contributed by atoms with Crippen molar-refractivity contribution in [2.45, 2.75) is 6.92 Å². The summed E-state index contributed by atoms with van der Waals surface area (Å²) < 4.78 is 7.97. The van der Waals surface area contributed by atoms with Crippen LogP contribution in [0, 0.1) is 0 Å². The molecule has 5 rings (SSSR count). The molecule has 0 radical (unpaired) electrons. The fourth-order valence-corrected chi connectivity index (χ4v) is 3.85. The molecule has 0 bridgehead atoms. The molecule has 2 nitrogen and oxygen atoms in total. The van der Waals surface area contributed by atoms with Gasteiger partial charge in [0.1, 0.15) is 5.58 Å². The highest BCUT2D eigenvalue weighted by Gasteiger charge is 2.12. The maximum atomic E-state index is 5.68. The summed E-state index contributed by atoms with van der Waals surface area (Å²) in [5, 5.41) is 6.80. The van der Waals surface area contributed by atoms with Crippen LogP contribution in [0.2, 0.25) is 0 Å². The second-order valence-corrected chi connectivity index (χ2v) is 6.72. The van der Waals surface area contributed by atoms with E-state index in [0.717, 1.165) is 38.1 Å². The largest absolute Gasteiger partial charge is 0.464 e. The van der Waals surface area contributed by atoms with Gasteiger partial charge >= 0.3 is 0 Å². The topological polar surface area (TPSA) is 18.1 Å². The molecule has 130 valence electrons. The zero-order valence-electron chi connectivity index (χ0n) is 15.1. The van der Waals surface area contributed by atoms with Crippen LogP contribution in [0.4, 0.5) is 0 Å². The number of hydrogen-bond donors (Lipinski definition) is 0. The fraction of sp³-hybridized carbons (Fsp3) is 0.0400. The van der Waals surface area contributed by atoms with Crippen molar-refractivity contribution in [1.29, 1.82) is 0 Å². The Bertz CT molecular complexity index is 1440. The molecule has 0 spiro atoms. The molecule has 2 aromatic heterocycles. The van der Waals surface area contributed by atoms with E-state index in [1.165, 1.54) is 10.8 Å². The van der Waals surface area contributed by atoms with Gasteiger partial charge < -0.3 is 8.98 Å². The maximum absolute atomic E-state index is 5.68. The van der Waals surface area contributed by atoms with Crippen molar-refractivity contribution < 1.29 is 4.42 Å². The number of furan rings is 1. The molecular weight excluding hydrogens is 330 g/mol. The summed E-state index contributed by atoms with van der Waals surface area (Å²) >= 11 is 0. The van der Waals surface area contributed by atoms with Crippen molar-refractivity contribution in [3.63, 3.8) is 0 Å². The zero-order valence-corrected chi connectivity index (χ0v) is 15.1. The van der Waals surface area contributed by atoms with E-state index >= 15 is 0 Å². The molecule has 0 aliphatic rings. The van der Waals surface area contributed by atoms with E-state index in [0.29, 0.717) is 0 Å². The van der Waals surface area contributed by atoms with Gasteiger partial charge in [-0.3, -0.25) is 0 Å². The third-order valence-corrected chi connectivity index (χ3v) is 5.14. The number of rotatable bonds is 2. The van der Waals surface area contributed by atoms with Crippen LogP contribution >= 0.6 is 0 Å². The number of aromatic nitrogens is 1. The van der Waals surface area contributed by atoms with Crippen LogP contribution < -0.4 is 10.6 Å².